The van der Waals surface area contributed by atoms with Crippen LogP contribution in [0.15, 0.2) is 71.4 Å². The van der Waals surface area contributed by atoms with Crippen LogP contribution < -0.4 is 10.2 Å². The minimum atomic E-state index is 0.348. The highest BCUT2D eigenvalue weighted by atomic mass is 79.9. The lowest BCUT2D eigenvalue weighted by Gasteiger charge is -2.39. The lowest BCUT2D eigenvalue weighted by molar-refractivity contribution is 0.222. The van der Waals surface area contributed by atoms with E-state index in [2.05, 4.69) is 109 Å². The molecule has 0 amide bonds. The van der Waals surface area contributed by atoms with E-state index >= 15 is 0 Å². The fourth-order valence-electron chi connectivity index (χ4n) is 5.47. The number of nitrogens with one attached hydrogen (secondary N) is 2. The van der Waals surface area contributed by atoms with Crippen molar-refractivity contribution in [1.82, 2.24) is 30.1 Å². The van der Waals surface area contributed by atoms with Crippen molar-refractivity contribution in [2.45, 2.75) is 26.4 Å². The molecule has 8 heteroatoms. The first kappa shape index (κ1) is 26.8. The molecule has 3 aromatic rings. The van der Waals surface area contributed by atoms with Crippen LogP contribution in [-0.2, 0) is 6.54 Å². The SMILES string of the molecule is C=C/C=C(\C=C/C)C(C)N1CCN(c2c(Br)cnc3nc(-c4ccc(CN5CCNCC5)cc4)[nH]c23)CC1. The molecule has 1 atom stereocenters. The lowest BCUT2D eigenvalue weighted by atomic mass is 10.0. The zero-order chi connectivity index (χ0) is 26.5. The summed E-state index contributed by atoms with van der Waals surface area (Å²) in [6.45, 7) is 17.4. The Kier molecular flexibility index (Phi) is 8.74. The van der Waals surface area contributed by atoms with Crippen LogP contribution in [0.25, 0.3) is 22.6 Å². The molecule has 0 bridgehead atoms. The van der Waals surface area contributed by atoms with Gasteiger partial charge in [-0.15, -0.1) is 0 Å². The number of piperazine rings is 2. The predicted molar refractivity (Wildman–Crippen MR) is 162 cm³/mol. The fourth-order valence-corrected chi connectivity index (χ4v) is 6.02. The van der Waals surface area contributed by atoms with Crippen molar-refractivity contribution in [2.24, 2.45) is 0 Å². The standard InChI is InChI=1S/C30H38BrN7/c1-4-6-24(7-5-2)22(3)37-16-18-38(19-17-37)28-26(31)20-33-30-27(28)34-29(35-30)25-10-8-23(9-11-25)21-36-14-12-32-13-15-36/h4-11,20,22,32H,1,12-19,21H2,2-3H3,(H,33,34,35)/b7-5-,24-6+. The van der Waals surface area contributed by atoms with Crippen LogP contribution in [0.3, 0.4) is 0 Å². The summed E-state index contributed by atoms with van der Waals surface area (Å²) in [6, 6.07) is 9.13. The third-order valence-corrected chi connectivity index (χ3v) is 8.20. The molecule has 1 aromatic carbocycles. The second kappa shape index (κ2) is 12.4. The Bertz CT molecular complexity index is 1300. The van der Waals surface area contributed by atoms with Gasteiger partial charge in [0.05, 0.1) is 10.2 Å². The van der Waals surface area contributed by atoms with Gasteiger partial charge >= 0.3 is 0 Å². The van der Waals surface area contributed by atoms with E-state index in [1.54, 1.807) is 0 Å². The maximum absolute atomic E-state index is 4.86. The number of fused-ring (bicyclic) bond motifs is 1. The molecule has 38 heavy (non-hydrogen) atoms. The monoisotopic (exact) mass is 575 g/mol. The number of halogens is 1. The molecule has 0 spiro atoms. The molecule has 200 valence electrons. The van der Waals surface area contributed by atoms with Gasteiger partial charge in [0.2, 0.25) is 0 Å². The topological polar surface area (TPSA) is 63.3 Å². The Labute approximate surface area is 234 Å². The fraction of sp³-hybridized carbons (Fsp3) is 0.400. The quantitative estimate of drug-likeness (QED) is 0.369. The van der Waals surface area contributed by atoms with Gasteiger partial charge in [-0.2, -0.15) is 0 Å². The largest absolute Gasteiger partial charge is 0.366 e. The Balaban J connectivity index is 1.32. The molecular formula is C30H38BrN7. The van der Waals surface area contributed by atoms with Crippen LogP contribution in [0.4, 0.5) is 5.69 Å². The van der Waals surface area contributed by atoms with Crippen molar-refractivity contribution < 1.29 is 0 Å². The van der Waals surface area contributed by atoms with E-state index in [9.17, 15) is 0 Å². The third-order valence-electron chi connectivity index (χ3n) is 7.62. The maximum atomic E-state index is 4.86. The second-order valence-corrected chi connectivity index (χ2v) is 10.9. The minimum Gasteiger partial charge on any atom is -0.366 e. The van der Waals surface area contributed by atoms with Crippen LogP contribution in [0.5, 0.6) is 0 Å². The molecule has 2 N–H and O–H groups in total. The number of pyridine rings is 1. The Morgan fingerprint density at radius 2 is 1.84 bits per heavy atom. The summed E-state index contributed by atoms with van der Waals surface area (Å²) in [5.41, 5.74) is 6.59. The number of nitrogens with zero attached hydrogens (tertiary/aromatic N) is 5. The number of rotatable bonds is 8. The molecule has 2 fully saturated rings. The first-order chi connectivity index (χ1) is 18.6. The molecule has 2 aromatic heterocycles. The molecule has 7 nitrogen and oxygen atoms in total. The van der Waals surface area contributed by atoms with Gasteiger partial charge in [-0.3, -0.25) is 9.80 Å². The van der Waals surface area contributed by atoms with Crippen LogP contribution in [0, 0.1) is 0 Å². The normalized spacial score (nSPS) is 18.9. The lowest BCUT2D eigenvalue weighted by Crippen LogP contribution is -2.50. The van der Waals surface area contributed by atoms with Gasteiger partial charge in [-0.1, -0.05) is 55.1 Å². The maximum Gasteiger partial charge on any atom is 0.180 e. The zero-order valence-corrected chi connectivity index (χ0v) is 24.0. The first-order valence-electron chi connectivity index (χ1n) is 13.6. The number of aromatic amines is 1. The van der Waals surface area contributed by atoms with E-state index < -0.39 is 0 Å². The highest BCUT2D eigenvalue weighted by Crippen LogP contribution is 2.34. The summed E-state index contributed by atoms with van der Waals surface area (Å²) in [5, 5.41) is 3.42. The summed E-state index contributed by atoms with van der Waals surface area (Å²) < 4.78 is 0.995. The van der Waals surface area contributed by atoms with E-state index in [0.29, 0.717) is 6.04 Å². The average molecular weight is 577 g/mol. The number of hydrogen-bond donors (Lipinski definition) is 2. The summed E-state index contributed by atoms with van der Waals surface area (Å²) in [5.74, 6) is 0.860. The molecule has 4 heterocycles. The number of hydrogen-bond acceptors (Lipinski definition) is 6. The summed E-state index contributed by atoms with van der Waals surface area (Å²) in [7, 11) is 0. The molecule has 2 saturated heterocycles. The third kappa shape index (κ3) is 5.94. The second-order valence-electron chi connectivity index (χ2n) is 10.1. The van der Waals surface area contributed by atoms with Gasteiger partial charge in [0.25, 0.3) is 0 Å². The van der Waals surface area contributed by atoms with Crippen molar-refractivity contribution in [3.8, 4) is 11.4 Å². The highest BCUT2D eigenvalue weighted by molar-refractivity contribution is 9.10. The van der Waals surface area contributed by atoms with Gasteiger partial charge in [0, 0.05) is 76.7 Å². The van der Waals surface area contributed by atoms with Crippen LogP contribution in [-0.4, -0.2) is 83.2 Å². The average Bonchev–Trinajstić information content (AvgIpc) is 3.38. The van der Waals surface area contributed by atoms with Crippen molar-refractivity contribution >= 4 is 32.8 Å². The Morgan fingerprint density at radius 1 is 1.11 bits per heavy atom. The van der Waals surface area contributed by atoms with Gasteiger partial charge in [0.15, 0.2) is 5.65 Å². The van der Waals surface area contributed by atoms with Crippen molar-refractivity contribution in [3.05, 3.63) is 77.0 Å². The van der Waals surface area contributed by atoms with Crippen molar-refractivity contribution in [2.75, 3.05) is 57.3 Å². The number of aromatic nitrogens is 3. The molecule has 0 aliphatic carbocycles. The van der Waals surface area contributed by atoms with Crippen LogP contribution in [0.1, 0.15) is 19.4 Å². The number of H-pyrrole nitrogens is 1. The van der Waals surface area contributed by atoms with E-state index in [1.165, 1.54) is 11.1 Å². The van der Waals surface area contributed by atoms with E-state index in [1.807, 2.05) is 12.3 Å². The summed E-state index contributed by atoms with van der Waals surface area (Å²) in [6.07, 6.45) is 10.2. The smallest absolute Gasteiger partial charge is 0.180 e. The summed E-state index contributed by atoms with van der Waals surface area (Å²) in [4.78, 5) is 20.6. The predicted octanol–water partition coefficient (Wildman–Crippen LogP) is 4.99. The highest BCUT2D eigenvalue weighted by Gasteiger charge is 2.26. The van der Waals surface area contributed by atoms with Crippen molar-refractivity contribution in [3.63, 3.8) is 0 Å². The Morgan fingerprint density at radius 3 is 2.53 bits per heavy atom. The van der Waals surface area contributed by atoms with Gasteiger partial charge in [0.1, 0.15) is 11.3 Å². The number of anilines is 1. The number of imidazole rings is 1. The van der Waals surface area contributed by atoms with E-state index in [-0.39, 0.29) is 0 Å². The molecule has 2 aliphatic heterocycles. The molecule has 0 radical (unpaired) electrons. The Hall–Kier alpha value is -2.78. The van der Waals surface area contributed by atoms with E-state index in [0.717, 1.165) is 91.6 Å². The van der Waals surface area contributed by atoms with Gasteiger partial charge in [-0.25, -0.2) is 9.97 Å². The van der Waals surface area contributed by atoms with E-state index in [4.69, 9.17) is 4.98 Å². The van der Waals surface area contributed by atoms with Gasteiger partial charge in [-0.05, 0) is 40.9 Å². The van der Waals surface area contributed by atoms with Crippen LogP contribution >= 0.6 is 15.9 Å². The zero-order valence-electron chi connectivity index (χ0n) is 22.5. The molecule has 2 aliphatic rings. The van der Waals surface area contributed by atoms with Crippen LogP contribution in [0.2, 0.25) is 0 Å². The van der Waals surface area contributed by atoms with Gasteiger partial charge < -0.3 is 15.2 Å². The first-order valence-corrected chi connectivity index (χ1v) is 14.4. The molecule has 5 rings (SSSR count). The number of allylic oxidation sites excluding steroid dienone is 3. The summed E-state index contributed by atoms with van der Waals surface area (Å²) >= 11 is 3.78. The minimum absolute atomic E-state index is 0.348. The molecule has 1 unspecified atom stereocenters. The van der Waals surface area contributed by atoms with Crippen molar-refractivity contribution in [1.29, 1.82) is 0 Å². The molecule has 0 saturated carbocycles. The number of benzene rings is 1. The molecular weight excluding hydrogens is 538 g/mol.